The van der Waals surface area contributed by atoms with Crippen molar-refractivity contribution in [3.8, 4) is 28.3 Å². The first kappa shape index (κ1) is 21.9. The molecule has 0 radical (unpaired) electrons. The van der Waals surface area contributed by atoms with Crippen LogP contribution in [0.2, 0.25) is 0 Å². The van der Waals surface area contributed by atoms with Gasteiger partial charge in [0.1, 0.15) is 17.6 Å². The molecule has 4 aromatic rings. The first-order valence-corrected chi connectivity index (χ1v) is 11.5. The molecule has 180 valence electrons. The first-order chi connectivity index (χ1) is 17.4. The second-order valence-corrected chi connectivity index (χ2v) is 8.95. The van der Waals surface area contributed by atoms with E-state index in [0.717, 1.165) is 22.5 Å². The number of nitrogens with one attached hydrogen (secondary N) is 1. The van der Waals surface area contributed by atoms with E-state index in [1.54, 1.807) is 35.4 Å². The minimum Gasteiger partial charge on any atom is -0.332 e. The quantitative estimate of drug-likeness (QED) is 0.449. The summed E-state index contributed by atoms with van der Waals surface area (Å²) in [5.74, 6) is -1.28. The summed E-state index contributed by atoms with van der Waals surface area (Å²) in [4.78, 5) is 43.0. The molecular weight excluding hydrogens is 463 g/mol. The summed E-state index contributed by atoms with van der Waals surface area (Å²) in [5, 5.41) is 6.99. The number of halogens is 1. The molecule has 4 heterocycles. The number of carbonyl (C=O) groups excluding carboxylic acids is 3. The summed E-state index contributed by atoms with van der Waals surface area (Å²) in [6.45, 7) is 0.287. The predicted octanol–water partition coefficient (Wildman–Crippen LogP) is 2.84. The Morgan fingerprint density at radius 3 is 2.64 bits per heavy atom. The SMILES string of the molecule is Cn1cnc(-c2ccc3c(c2)CN([C@H]2CCC(=O)NC2=O)C3=O)c1-c1ccn(-c2ccc(F)cc2)n1. The average molecular weight is 484 g/mol. The Hall–Kier alpha value is -4.60. The van der Waals surface area contributed by atoms with Crippen molar-refractivity contribution >= 4 is 17.7 Å². The highest BCUT2D eigenvalue weighted by Crippen LogP contribution is 2.34. The van der Waals surface area contributed by atoms with Gasteiger partial charge in [-0.25, -0.2) is 14.1 Å². The van der Waals surface area contributed by atoms with Gasteiger partial charge in [0.15, 0.2) is 0 Å². The van der Waals surface area contributed by atoms with E-state index in [0.29, 0.717) is 23.4 Å². The van der Waals surface area contributed by atoms with Crippen molar-refractivity contribution in [1.29, 1.82) is 0 Å². The summed E-state index contributed by atoms with van der Waals surface area (Å²) >= 11 is 0. The molecule has 1 N–H and O–H groups in total. The monoisotopic (exact) mass is 484 g/mol. The van der Waals surface area contributed by atoms with Crippen LogP contribution in [0.5, 0.6) is 0 Å². The van der Waals surface area contributed by atoms with Gasteiger partial charge in [0, 0.05) is 37.3 Å². The van der Waals surface area contributed by atoms with Crippen molar-refractivity contribution in [3.63, 3.8) is 0 Å². The fraction of sp³-hybridized carbons (Fsp3) is 0.192. The molecule has 0 unspecified atom stereocenters. The van der Waals surface area contributed by atoms with E-state index >= 15 is 0 Å². The van der Waals surface area contributed by atoms with E-state index in [4.69, 9.17) is 0 Å². The predicted molar refractivity (Wildman–Crippen MR) is 127 cm³/mol. The van der Waals surface area contributed by atoms with E-state index < -0.39 is 11.9 Å². The van der Waals surface area contributed by atoms with Crippen LogP contribution in [-0.2, 0) is 23.2 Å². The highest BCUT2D eigenvalue weighted by Gasteiger charge is 2.39. The maximum Gasteiger partial charge on any atom is 0.255 e. The van der Waals surface area contributed by atoms with Crippen molar-refractivity contribution in [1.82, 2.24) is 29.5 Å². The van der Waals surface area contributed by atoms with Crippen molar-refractivity contribution < 1.29 is 18.8 Å². The van der Waals surface area contributed by atoms with Crippen LogP contribution in [-0.4, -0.2) is 48.0 Å². The molecule has 0 spiro atoms. The number of imide groups is 1. The molecule has 2 aliphatic heterocycles. The molecule has 0 saturated carbocycles. The maximum absolute atomic E-state index is 13.3. The highest BCUT2D eigenvalue weighted by molar-refractivity contribution is 6.05. The lowest BCUT2D eigenvalue weighted by molar-refractivity contribution is -0.136. The smallest absolute Gasteiger partial charge is 0.255 e. The Labute approximate surface area is 205 Å². The van der Waals surface area contributed by atoms with Crippen LogP contribution in [0.25, 0.3) is 28.3 Å². The number of piperidine rings is 1. The lowest BCUT2D eigenvalue weighted by atomic mass is 10.0. The number of carbonyl (C=O) groups is 3. The minimum atomic E-state index is -0.660. The van der Waals surface area contributed by atoms with E-state index in [2.05, 4.69) is 15.4 Å². The lowest BCUT2D eigenvalue weighted by Gasteiger charge is -2.29. The van der Waals surface area contributed by atoms with Crippen molar-refractivity contribution in [2.75, 3.05) is 0 Å². The third kappa shape index (κ3) is 3.58. The zero-order valence-corrected chi connectivity index (χ0v) is 19.3. The summed E-state index contributed by atoms with van der Waals surface area (Å²) in [7, 11) is 1.88. The number of aryl methyl sites for hydroxylation is 1. The standard InChI is InChI=1S/C26H21FN6O3/c1-31-14-28-23(24(31)20-10-11-33(30-20)18-5-3-17(27)4-6-18)15-2-7-19-16(12-15)13-32(26(19)36)21-8-9-22(34)29-25(21)35/h2-7,10-12,14,21H,8-9,13H2,1H3,(H,29,34,35)/t21-/m0/s1. The number of rotatable bonds is 4. The zero-order chi connectivity index (χ0) is 25.0. The van der Waals surface area contributed by atoms with Crippen LogP contribution >= 0.6 is 0 Å². The number of amides is 3. The largest absolute Gasteiger partial charge is 0.332 e. The zero-order valence-electron chi connectivity index (χ0n) is 19.3. The molecule has 1 atom stereocenters. The van der Waals surface area contributed by atoms with Gasteiger partial charge < -0.3 is 9.47 Å². The lowest BCUT2D eigenvalue weighted by Crippen LogP contribution is -2.52. The van der Waals surface area contributed by atoms with E-state index in [1.165, 1.54) is 17.0 Å². The van der Waals surface area contributed by atoms with Gasteiger partial charge in [-0.2, -0.15) is 5.10 Å². The fourth-order valence-corrected chi connectivity index (χ4v) is 4.85. The van der Waals surface area contributed by atoms with Gasteiger partial charge in [-0.3, -0.25) is 19.7 Å². The number of imidazole rings is 1. The molecule has 6 rings (SSSR count). The highest BCUT2D eigenvalue weighted by atomic mass is 19.1. The van der Waals surface area contributed by atoms with Gasteiger partial charge in [-0.15, -0.1) is 0 Å². The van der Waals surface area contributed by atoms with E-state index in [9.17, 15) is 18.8 Å². The minimum absolute atomic E-state index is 0.212. The average Bonchev–Trinajstić information content (AvgIpc) is 3.57. The third-order valence-electron chi connectivity index (χ3n) is 6.66. The Bertz CT molecular complexity index is 1540. The second kappa shape index (κ2) is 8.26. The topological polar surface area (TPSA) is 102 Å². The van der Waals surface area contributed by atoms with Crippen molar-refractivity contribution in [2.45, 2.75) is 25.4 Å². The fourth-order valence-electron chi connectivity index (χ4n) is 4.85. The van der Waals surface area contributed by atoms with Crippen LogP contribution in [0.4, 0.5) is 4.39 Å². The molecule has 2 aromatic carbocycles. The Morgan fingerprint density at radius 2 is 1.86 bits per heavy atom. The Balaban J connectivity index is 1.32. The first-order valence-electron chi connectivity index (χ1n) is 11.5. The van der Waals surface area contributed by atoms with Crippen LogP contribution in [0.1, 0.15) is 28.8 Å². The molecule has 10 heteroatoms. The molecule has 9 nitrogen and oxygen atoms in total. The van der Waals surface area contributed by atoms with Gasteiger partial charge >= 0.3 is 0 Å². The molecule has 0 aliphatic carbocycles. The molecule has 2 aromatic heterocycles. The summed E-state index contributed by atoms with van der Waals surface area (Å²) in [6.07, 6.45) is 4.04. The maximum atomic E-state index is 13.3. The van der Waals surface area contributed by atoms with E-state index in [-0.39, 0.29) is 30.6 Å². The molecule has 36 heavy (non-hydrogen) atoms. The molecule has 3 amide bonds. The van der Waals surface area contributed by atoms with Gasteiger partial charge in [-0.05, 0) is 54.4 Å². The normalized spacial score (nSPS) is 17.4. The van der Waals surface area contributed by atoms with Crippen molar-refractivity contribution in [2.24, 2.45) is 7.05 Å². The van der Waals surface area contributed by atoms with Gasteiger partial charge in [0.25, 0.3) is 5.91 Å². The summed E-state index contributed by atoms with van der Waals surface area (Å²) < 4.78 is 16.9. The van der Waals surface area contributed by atoms with E-state index in [1.807, 2.05) is 29.8 Å². The van der Waals surface area contributed by atoms with Crippen LogP contribution in [0.15, 0.2) is 61.1 Å². The number of fused-ring (bicyclic) bond motifs is 1. The second-order valence-electron chi connectivity index (χ2n) is 8.95. The number of nitrogens with zero attached hydrogens (tertiary/aromatic N) is 5. The number of aromatic nitrogens is 4. The molecular formula is C26H21FN6O3. The van der Waals surface area contributed by atoms with Gasteiger partial charge in [-0.1, -0.05) is 6.07 Å². The molecule has 1 saturated heterocycles. The molecule has 1 fully saturated rings. The summed E-state index contributed by atoms with van der Waals surface area (Å²) in [5.41, 5.74) is 5.08. The Kier molecular flexibility index (Phi) is 5.03. The number of benzene rings is 2. The van der Waals surface area contributed by atoms with Gasteiger partial charge in [0.2, 0.25) is 11.8 Å². The molecule has 2 aliphatic rings. The van der Waals surface area contributed by atoms with Crippen LogP contribution in [0, 0.1) is 5.82 Å². The Morgan fingerprint density at radius 1 is 1.06 bits per heavy atom. The summed E-state index contributed by atoms with van der Waals surface area (Å²) in [6, 6.07) is 12.8. The van der Waals surface area contributed by atoms with Crippen LogP contribution < -0.4 is 5.32 Å². The third-order valence-corrected chi connectivity index (χ3v) is 6.66. The van der Waals surface area contributed by atoms with Crippen LogP contribution in [0.3, 0.4) is 0 Å². The number of hydrogen-bond acceptors (Lipinski definition) is 5. The number of hydrogen-bond donors (Lipinski definition) is 1. The van der Waals surface area contributed by atoms with Crippen molar-refractivity contribution in [3.05, 3.63) is 78.0 Å². The van der Waals surface area contributed by atoms with Gasteiger partial charge in [0.05, 0.1) is 23.4 Å². The molecule has 0 bridgehead atoms.